The lowest BCUT2D eigenvalue weighted by atomic mass is 9.49. The highest BCUT2D eigenvalue weighted by molar-refractivity contribution is 7.12. The van der Waals surface area contributed by atoms with Gasteiger partial charge in [0.2, 0.25) is 21.1 Å². The molecule has 0 spiro atoms. The van der Waals surface area contributed by atoms with Crippen LogP contribution in [-0.2, 0) is 10.8 Å². The van der Waals surface area contributed by atoms with Gasteiger partial charge in [-0.3, -0.25) is 0 Å². The zero-order valence-electron chi connectivity index (χ0n) is 17.0. The van der Waals surface area contributed by atoms with Crippen molar-refractivity contribution in [3.8, 4) is 0 Å². The van der Waals surface area contributed by atoms with Crippen molar-refractivity contribution in [2.45, 2.75) is 94.8 Å². The summed E-state index contributed by atoms with van der Waals surface area (Å²) >= 11 is 2.31. The fraction of sp³-hybridized carbons (Fsp3) is 0.808. The maximum atomic E-state index is 2.64. The van der Waals surface area contributed by atoms with E-state index in [1.54, 1.807) is 44.1 Å². The monoisotopic (exact) mass is 379 g/mol. The fourth-order valence-corrected chi connectivity index (χ4v) is 11.6. The molecule has 1 heterocycles. The van der Waals surface area contributed by atoms with Crippen LogP contribution in [0.15, 0.2) is 12.1 Å². The van der Waals surface area contributed by atoms with Crippen molar-refractivity contribution in [2.24, 2.45) is 35.5 Å². The van der Waals surface area contributed by atoms with E-state index in [9.17, 15) is 0 Å². The summed E-state index contributed by atoms with van der Waals surface area (Å²) in [6.07, 6.45) is 18.6. The number of aryl methyl sites for hydroxylation is 1. The average molecular weight is 380 g/mol. The smallest absolute Gasteiger partial charge is 0.0475 e. The van der Waals surface area contributed by atoms with Crippen LogP contribution in [0.1, 0.15) is 92.4 Å². The Morgan fingerprint density at radius 1 is 0.593 bits per heavy atom. The van der Waals surface area contributed by atoms with Crippen LogP contribution in [0.2, 0.25) is 0 Å². The molecular weight excluding hydrogens is 344 g/mol. The van der Waals surface area contributed by atoms with Gasteiger partial charge in [-0.25, -0.2) is 0 Å². The Bertz CT molecular complexity index is 657. The summed E-state index contributed by atoms with van der Waals surface area (Å²) in [5.41, 5.74) is 2.75. The van der Waals surface area contributed by atoms with Crippen molar-refractivity contribution in [3.63, 3.8) is 0 Å². The van der Waals surface area contributed by atoms with Crippen molar-refractivity contribution in [2.75, 3.05) is 0 Å². The highest BCUT2D eigenvalue weighted by Crippen LogP contribution is 2.64. The fourth-order valence-electron chi connectivity index (χ4n) is 9.98. The van der Waals surface area contributed by atoms with Crippen LogP contribution in [-0.4, -0.2) is 0 Å². The zero-order chi connectivity index (χ0) is 17.8. The first-order valence-electron chi connectivity index (χ1n) is 12.0. The van der Waals surface area contributed by atoms with E-state index in [2.05, 4.69) is 30.4 Å². The van der Waals surface area contributed by atoms with Gasteiger partial charge in [0.15, 0.2) is 0 Å². The van der Waals surface area contributed by atoms with Gasteiger partial charge in [-0.2, -0.15) is 0 Å². The minimum absolute atomic E-state index is 0.586. The number of hydrogen-bond acceptors (Lipinski definition) is 0. The summed E-state index contributed by atoms with van der Waals surface area (Å²) in [4.78, 5) is 3.65. The molecule has 8 bridgehead atoms. The summed E-state index contributed by atoms with van der Waals surface area (Å²) in [6.45, 7) is 2.40. The van der Waals surface area contributed by atoms with Crippen molar-refractivity contribution >= 4 is 11.3 Å². The van der Waals surface area contributed by atoms with E-state index in [0.29, 0.717) is 10.8 Å². The van der Waals surface area contributed by atoms with Gasteiger partial charge < -0.3 is 0 Å². The molecule has 1 heteroatoms. The van der Waals surface area contributed by atoms with Gasteiger partial charge >= 0.3 is 0 Å². The summed E-state index contributed by atoms with van der Waals surface area (Å²) in [7, 11) is 0. The van der Waals surface area contributed by atoms with E-state index in [1.165, 1.54) is 38.5 Å². The van der Waals surface area contributed by atoms with E-state index < -0.39 is 0 Å². The van der Waals surface area contributed by atoms with E-state index in [1.807, 2.05) is 9.75 Å². The molecule has 8 aliphatic rings. The summed E-state index contributed by atoms with van der Waals surface area (Å²) in [6, 6.07) is 5.28. The predicted octanol–water partition coefficient (Wildman–Crippen LogP) is 7.27. The van der Waals surface area contributed by atoms with Gasteiger partial charge in [-0.05, 0) is 125 Å². The van der Waals surface area contributed by atoms with Gasteiger partial charge in [0.1, 0.15) is 0 Å². The second-order valence-electron chi connectivity index (χ2n) is 12.3. The van der Waals surface area contributed by atoms with Crippen molar-refractivity contribution in [1.29, 1.82) is 0 Å². The van der Waals surface area contributed by atoms with Crippen molar-refractivity contribution < 1.29 is 0 Å². The lowest BCUT2D eigenvalue weighted by molar-refractivity contribution is -0.00506. The molecule has 0 atom stereocenters. The molecule has 0 aromatic carbocycles. The summed E-state index contributed by atoms with van der Waals surface area (Å²) < 4.78 is 0. The Morgan fingerprint density at radius 3 is 1.19 bits per heavy atom. The van der Waals surface area contributed by atoms with Crippen LogP contribution in [0.25, 0.3) is 0 Å². The van der Waals surface area contributed by atoms with Crippen LogP contribution in [0.3, 0.4) is 0 Å². The lowest BCUT2D eigenvalue weighted by Crippen LogP contribution is -2.49. The van der Waals surface area contributed by atoms with E-state index >= 15 is 0 Å². The Balaban J connectivity index is 1.31. The SMILES string of the molecule is Cc1cc(C23CC4CC(CC(C4)C2)C3)[s+]c(C23CC4CC(CC(C4)C2)C3)c1. The maximum absolute atomic E-state index is 2.64. The maximum Gasteiger partial charge on any atom is 0.219 e. The van der Waals surface area contributed by atoms with E-state index in [4.69, 9.17) is 0 Å². The van der Waals surface area contributed by atoms with Gasteiger partial charge in [0.05, 0.1) is 10.8 Å². The second-order valence-corrected chi connectivity index (χ2v) is 13.3. The van der Waals surface area contributed by atoms with E-state index in [0.717, 1.165) is 35.5 Å². The van der Waals surface area contributed by atoms with Gasteiger partial charge in [0.25, 0.3) is 0 Å². The topological polar surface area (TPSA) is 0 Å². The van der Waals surface area contributed by atoms with Crippen molar-refractivity contribution in [3.05, 3.63) is 27.5 Å². The third kappa shape index (κ3) is 2.36. The molecule has 0 N–H and O–H groups in total. The van der Waals surface area contributed by atoms with Crippen LogP contribution in [0.4, 0.5) is 0 Å². The minimum atomic E-state index is 0.586. The van der Waals surface area contributed by atoms with Crippen LogP contribution in [0.5, 0.6) is 0 Å². The Hall–Kier alpha value is -0.430. The number of rotatable bonds is 2. The standard InChI is InChI=1S/C26H35S/c1-16-2-23(25-10-17-4-18(11-25)6-19(5-17)12-25)27-24(3-16)26-13-20-7-21(14-26)9-22(8-20)15-26/h2-3,17-22H,4-15H2,1H3/q+1. The molecule has 0 saturated heterocycles. The molecular formula is C26H35S+. The molecule has 0 aliphatic heterocycles. The molecule has 0 radical (unpaired) electrons. The van der Waals surface area contributed by atoms with Gasteiger partial charge in [0, 0.05) is 12.1 Å². The summed E-state index contributed by atoms with van der Waals surface area (Å²) in [5.74, 6) is 6.37. The minimum Gasteiger partial charge on any atom is -0.0475 e. The van der Waals surface area contributed by atoms with Crippen molar-refractivity contribution in [1.82, 2.24) is 0 Å². The lowest BCUT2D eigenvalue weighted by Gasteiger charge is -2.55. The Morgan fingerprint density at radius 2 is 0.889 bits per heavy atom. The van der Waals surface area contributed by atoms with Crippen LogP contribution < -0.4 is 0 Å². The largest absolute Gasteiger partial charge is 0.219 e. The molecule has 0 unspecified atom stereocenters. The molecule has 8 saturated carbocycles. The van der Waals surface area contributed by atoms with E-state index in [-0.39, 0.29) is 0 Å². The van der Waals surface area contributed by atoms with Crippen LogP contribution >= 0.6 is 11.3 Å². The highest BCUT2D eigenvalue weighted by Gasteiger charge is 2.58. The molecule has 8 aliphatic carbocycles. The normalized spacial score (nSPS) is 51.9. The Kier molecular flexibility index (Phi) is 3.26. The molecule has 144 valence electrons. The predicted molar refractivity (Wildman–Crippen MR) is 113 cm³/mol. The first kappa shape index (κ1) is 16.4. The molecule has 0 nitrogen and oxygen atoms in total. The Labute approximate surface area is 169 Å². The molecule has 9 rings (SSSR count). The first-order chi connectivity index (χ1) is 13.1. The van der Waals surface area contributed by atoms with Gasteiger partial charge in [-0.15, -0.1) is 0 Å². The molecule has 0 amide bonds. The first-order valence-corrected chi connectivity index (χ1v) is 12.8. The number of hydrogen-bond donors (Lipinski definition) is 0. The third-order valence-corrected chi connectivity index (χ3v) is 11.6. The average Bonchev–Trinajstić information content (AvgIpc) is 2.59. The molecule has 27 heavy (non-hydrogen) atoms. The molecule has 8 fully saturated rings. The second kappa shape index (κ2) is 5.38. The third-order valence-electron chi connectivity index (χ3n) is 10.1. The highest BCUT2D eigenvalue weighted by atomic mass is 32.1. The van der Waals surface area contributed by atoms with Gasteiger partial charge in [-0.1, -0.05) is 0 Å². The summed E-state index contributed by atoms with van der Waals surface area (Å²) in [5, 5.41) is 0. The van der Waals surface area contributed by atoms with Crippen LogP contribution in [0, 0.1) is 42.4 Å². The quantitative estimate of drug-likeness (QED) is 0.474. The molecule has 1 aromatic heterocycles. The zero-order valence-corrected chi connectivity index (χ0v) is 17.8. The molecule has 1 aromatic rings.